The molecule has 1 amide bonds. The van der Waals surface area contributed by atoms with Crippen LogP contribution in [0.4, 0.5) is 17.3 Å². The summed E-state index contributed by atoms with van der Waals surface area (Å²) in [5.41, 5.74) is 5.63. The molecule has 4 heterocycles. The first-order chi connectivity index (χ1) is 19.4. The average Bonchev–Trinajstić information content (AvgIpc) is 3.20. The van der Waals surface area contributed by atoms with Crippen molar-refractivity contribution in [1.29, 1.82) is 0 Å². The Morgan fingerprint density at radius 3 is 2.85 bits per heavy atom. The van der Waals surface area contributed by atoms with Crippen molar-refractivity contribution in [3.8, 4) is 11.4 Å². The molecule has 0 unspecified atom stereocenters. The molecule has 9 nitrogen and oxygen atoms in total. The van der Waals surface area contributed by atoms with Crippen molar-refractivity contribution in [3.05, 3.63) is 76.2 Å². The van der Waals surface area contributed by atoms with Crippen LogP contribution in [0.1, 0.15) is 50.7 Å². The molecule has 3 aliphatic rings. The first kappa shape index (κ1) is 24.6. The third-order valence-corrected chi connectivity index (χ3v) is 8.34. The second-order valence-corrected chi connectivity index (χ2v) is 11.5. The number of carbonyl (C=O) groups excluding carboxylic acids is 1. The zero-order chi connectivity index (χ0) is 27.4. The molecule has 0 atom stereocenters. The lowest BCUT2D eigenvalue weighted by Gasteiger charge is -2.32. The van der Waals surface area contributed by atoms with E-state index < -0.39 is 0 Å². The molecule has 204 valence electrons. The second-order valence-electron chi connectivity index (χ2n) is 11.5. The van der Waals surface area contributed by atoms with Crippen molar-refractivity contribution < 1.29 is 9.53 Å². The molecule has 2 aromatic heterocycles. The monoisotopic (exact) mass is 536 g/mol. The summed E-state index contributed by atoms with van der Waals surface area (Å²) in [7, 11) is 0. The summed E-state index contributed by atoms with van der Waals surface area (Å²) in [6.07, 6.45) is 10.7. The minimum Gasteiger partial charge on any atom is -0.482 e. The van der Waals surface area contributed by atoms with Gasteiger partial charge < -0.3 is 15.0 Å². The molecule has 0 spiro atoms. The molecular weight excluding hydrogens is 504 g/mol. The van der Waals surface area contributed by atoms with Crippen molar-refractivity contribution in [2.75, 3.05) is 23.4 Å². The van der Waals surface area contributed by atoms with E-state index >= 15 is 0 Å². The molecule has 0 saturated heterocycles. The number of carbonyl (C=O) groups is 1. The maximum atomic E-state index is 13.5. The summed E-state index contributed by atoms with van der Waals surface area (Å²) in [6, 6.07) is 12.2. The van der Waals surface area contributed by atoms with Crippen molar-refractivity contribution in [2.24, 2.45) is 0 Å². The number of hydrogen-bond donors (Lipinski definition) is 1. The van der Waals surface area contributed by atoms with Crippen LogP contribution in [-0.4, -0.2) is 38.4 Å². The van der Waals surface area contributed by atoms with Gasteiger partial charge in [0.1, 0.15) is 11.1 Å². The number of fused-ring (bicyclic) bond motifs is 6. The standard InChI is InChI=1S/C31H32N6O3/c1-31(2)13-7-8-20-16-21(9-11-24(20)31)33-30-32-18-23-28(34-30)37-22-10-12-26-25(17-22)35(27(38)19-40-26)14-5-3-4-6-15-36(37)29(23)39/h4,6,9-12,16-18H,3,5,7-8,13-15,19H2,1-2H3,(H,32,33,34)/b6-4-. The van der Waals surface area contributed by atoms with E-state index in [9.17, 15) is 9.59 Å². The van der Waals surface area contributed by atoms with E-state index in [2.05, 4.69) is 48.4 Å². The largest absolute Gasteiger partial charge is 0.482 e. The number of nitrogens with zero attached hydrogens (tertiary/aromatic N) is 5. The van der Waals surface area contributed by atoms with Gasteiger partial charge in [0.25, 0.3) is 11.5 Å². The summed E-state index contributed by atoms with van der Waals surface area (Å²) in [5.74, 6) is 1.01. The van der Waals surface area contributed by atoms with Crippen LogP contribution in [0.25, 0.3) is 16.7 Å². The summed E-state index contributed by atoms with van der Waals surface area (Å²) in [5, 5.41) is 3.80. The van der Waals surface area contributed by atoms with Crippen molar-refractivity contribution in [2.45, 2.75) is 57.9 Å². The number of amides is 1. The lowest BCUT2D eigenvalue weighted by atomic mass is 9.73. The van der Waals surface area contributed by atoms with Crippen LogP contribution in [0, 0.1) is 0 Å². The molecular formula is C31H32N6O3. The molecule has 4 aromatic rings. The Bertz CT molecular complexity index is 1750. The predicted molar refractivity (Wildman–Crippen MR) is 155 cm³/mol. The SMILES string of the molecule is CC1(C)CCCc2cc(Nc3ncc4c(=O)n5n(c4n3)-c3ccc4c(c3)N(CCC/C=C\C5)C(=O)CO4)ccc21. The van der Waals surface area contributed by atoms with E-state index in [4.69, 9.17) is 9.72 Å². The van der Waals surface area contributed by atoms with E-state index in [1.165, 1.54) is 24.0 Å². The Labute approximate surface area is 232 Å². The fraction of sp³-hybridized carbons (Fsp3) is 0.355. The van der Waals surface area contributed by atoms with Crippen LogP contribution in [0.2, 0.25) is 0 Å². The fourth-order valence-corrected chi connectivity index (χ4v) is 6.27. The van der Waals surface area contributed by atoms with Gasteiger partial charge in [-0.25, -0.2) is 14.3 Å². The minimum absolute atomic E-state index is 0.0296. The van der Waals surface area contributed by atoms with Crippen molar-refractivity contribution >= 4 is 34.3 Å². The Balaban J connectivity index is 1.34. The maximum absolute atomic E-state index is 13.5. The first-order valence-electron chi connectivity index (χ1n) is 14.0. The highest BCUT2D eigenvalue weighted by atomic mass is 16.5. The van der Waals surface area contributed by atoms with Gasteiger partial charge in [-0.3, -0.25) is 9.59 Å². The number of hydrogen-bond acceptors (Lipinski definition) is 6. The van der Waals surface area contributed by atoms with Gasteiger partial charge in [-0.15, -0.1) is 0 Å². The Hall–Kier alpha value is -4.40. The third-order valence-electron chi connectivity index (χ3n) is 8.34. The topological polar surface area (TPSA) is 94.3 Å². The molecule has 0 saturated carbocycles. The van der Waals surface area contributed by atoms with Gasteiger partial charge in [0.2, 0.25) is 5.95 Å². The fourth-order valence-electron chi connectivity index (χ4n) is 6.27. The molecule has 40 heavy (non-hydrogen) atoms. The molecule has 2 bridgehead atoms. The van der Waals surface area contributed by atoms with Gasteiger partial charge in [0, 0.05) is 18.4 Å². The molecule has 7 rings (SSSR count). The zero-order valence-corrected chi connectivity index (χ0v) is 22.8. The van der Waals surface area contributed by atoms with E-state index in [0.717, 1.165) is 30.6 Å². The number of nitrogens with one attached hydrogen (secondary N) is 1. The number of rotatable bonds is 2. The highest BCUT2D eigenvalue weighted by Gasteiger charge is 2.28. The van der Waals surface area contributed by atoms with E-state index in [0.29, 0.717) is 41.5 Å². The molecule has 9 heteroatoms. The molecule has 1 N–H and O–H groups in total. The quantitative estimate of drug-likeness (QED) is 0.362. The van der Waals surface area contributed by atoms with Crippen LogP contribution < -0.4 is 20.5 Å². The van der Waals surface area contributed by atoms with Gasteiger partial charge in [-0.05, 0) is 79.0 Å². The van der Waals surface area contributed by atoms with Gasteiger partial charge >= 0.3 is 0 Å². The number of anilines is 3. The molecule has 0 fully saturated rings. The Morgan fingerprint density at radius 2 is 1.95 bits per heavy atom. The van der Waals surface area contributed by atoms with Gasteiger partial charge in [-0.2, -0.15) is 4.98 Å². The zero-order valence-electron chi connectivity index (χ0n) is 22.8. The lowest BCUT2D eigenvalue weighted by molar-refractivity contribution is -0.121. The van der Waals surface area contributed by atoms with Gasteiger partial charge in [0.05, 0.1) is 17.9 Å². The highest BCUT2D eigenvalue weighted by molar-refractivity contribution is 5.98. The molecule has 2 aromatic carbocycles. The molecule has 0 radical (unpaired) electrons. The first-order valence-corrected chi connectivity index (χ1v) is 14.0. The highest BCUT2D eigenvalue weighted by Crippen LogP contribution is 2.38. The summed E-state index contributed by atoms with van der Waals surface area (Å²) >= 11 is 0. The molecule has 2 aliphatic heterocycles. The smallest absolute Gasteiger partial charge is 0.278 e. The average molecular weight is 537 g/mol. The summed E-state index contributed by atoms with van der Waals surface area (Å²) in [4.78, 5) is 37.4. The Kier molecular flexibility index (Phi) is 5.76. The van der Waals surface area contributed by atoms with Crippen LogP contribution >= 0.6 is 0 Å². The summed E-state index contributed by atoms with van der Waals surface area (Å²) in [6.45, 7) is 5.64. The van der Waals surface area contributed by atoms with Gasteiger partial charge in [0.15, 0.2) is 12.3 Å². The number of ether oxygens (including phenoxy) is 1. The Morgan fingerprint density at radius 1 is 1.05 bits per heavy atom. The number of benzene rings is 2. The summed E-state index contributed by atoms with van der Waals surface area (Å²) < 4.78 is 9.21. The number of allylic oxidation sites excluding steroid dienone is 2. The third kappa shape index (κ3) is 4.08. The second kappa shape index (κ2) is 9.36. The normalized spacial score (nSPS) is 18.6. The van der Waals surface area contributed by atoms with E-state index in [1.54, 1.807) is 15.8 Å². The van der Waals surface area contributed by atoms with E-state index in [1.807, 2.05) is 29.0 Å². The minimum atomic E-state index is -0.166. The van der Waals surface area contributed by atoms with Gasteiger partial charge in [-0.1, -0.05) is 32.1 Å². The van der Waals surface area contributed by atoms with Crippen molar-refractivity contribution in [3.63, 3.8) is 0 Å². The number of aromatic nitrogens is 4. The lowest BCUT2D eigenvalue weighted by Crippen LogP contribution is -2.39. The van der Waals surface area contributed by atoms with Crippen LogP contribution in [-0.2, 0) is 23.2 Å². The molecule has 1 aliphatic carbocycles. The van der Waals surface area contributed by atoms with Crippen LogP contribution in [0.5, 0.6) is 5.75 Å². The number of aryl methyl sites for hydroxylation is 1. The maximum Gasteiger partial charge on any atom is 0.278 e. The predicted octanol–water partition coefficient (Wildman–Crippen LogP) is 5.02. The van der Waals surface area contributed by atoms with Crippen molar-refractivity contribution in [1.82, 2.24) is 19.3 Å². The van der Waals surface area contributed by atoms with Crippen LogP contribution in [0.15, 0.2) is 59.5 Å². The van der Waals surface area contributed by atoms with Crippen LogP contribution in [0.3, 0.4) is 0 Å². The van der Waals surface area contributed by atoms with E-state index in [-0.39, 0.29) is 23.5 Å².